The molecule has 5 heterocycles. The minimum atomic E-state index is -4.63. The number of ether oxygens (including phenoxy) is 2. The molecule has 3 aromatic heterocycles. The molecule has 2 aliphatic heterocycles. The normalized spacial score (nSPS) is 18.0. The molecule has 0 spiro atoms. The lowest BCUT2D eigenvalue weighted by Gasteiger charge is -2.41. The van der Waals surface area contributed by atoms with Gasteiger partial charge in [-0.2, -0.15) is 13.2 Å². The first-order valence-electron chi connectivity index (χ1n) is 14.1. The molecule has 13 heteroatoms. The predicted molar refractivity (Wildman–Crippen MR) is 149 cm³/mol. The first-order valence-corrected chi connectivity index (χ1v) is 14.1. The van der Waals surface area contributed by atoms with E-state index in [-0.39, 0.29) is 17.0 Å². The molecule has 1 aromatic carbocycles. The average Bonchev–Trinajstić information content (AvgIpc) is 3.51. The number of piperidine rings is 1. The van der Waals surface area contributed by atoms with E-state index >= 15 is 0 Å². The van der Waals surface area contributed by atoms with Crippen LogP contribution in [0.5, 0.6) is 0 Å². The van der Waals surface area contributed by atoms with Gasteiger partial charge in [0.1, 0.15) is 12.2 Å². The van der Waals surface area contributed by atoms with Gasteiger partial charge in [-0.3, -0.25) is 13.9 Å². The van der Waals surface area contributed by atoms with Crippen LogP contribution < -0.4 is 11.4 Å². The number of hydrogen-bond donors (Lipinski definition) is 1. The van der Waals surface area contributed by atoms with Crippen LogP contribution in [0.1, 0.15) is 35.4 Å². The Hall–Kier alpha value is -3.52. The fourth-order valence-electron chi connectivity index (χ4n) is 5.95. The minimum Gasteiger partial charge on any atom is -0.379 e. The third-order valence-electron chi connectivity index (χ3n) is 8.34. The van der Waals surface area contributed by atoms with Crippen LogP contribution >= 0.6 is 0 Å². The number of benzene rings is 1. The van der Waals surface area contributed by atoms with Gasteiger partial charge in [-0.25, -0.2) is 4.79 Å². The summed E-state index contributed by atoms with van der Waals surface area (Å²) in [6.07, 6.45) is 2.06. The van der Waals surface area contributed by atoms with Crippen LogP contribution in [0.2, 0.25) is 0 Å². The molecule has 2 saturated heterocycles. The smallest absolute Gasteiger partial charge is 0.379 e. The summed E-state index contributed by atoms with van der Waals surface area (Å²) in [4.78, 5) is 15.7. The molecule has 0 atom stereocenters. The second-order valence-corrected chi connectivity index (χ2v) is 11.3. The van der Waals surface area contributed by atoms with Crippen molar-refractivity contribution in [3.8, 4) is 5.69 Å². The summed E-state index contributed by atoms with van der Waals surface area (Å²) in [6, 6.07) is 8.50. The first-order chi connectivity index (χ1) is 20.2. The van der Waals surface area contributed by atoms with E-state index in [4.69, 9.17) is 15.2 Å². The van der Waals surface area contributed by atoms with Crippen LogP contribution in [-0.2, 0) is 41.1 Å². The minimum absolute atomic E-state index is 0.108. The topological polar surface area (TPSA) is 105 Å². The third kappa shape index (κ3) is 5.49. The van der Waals surface area contributed by atoms with E-state index in [0.717, 1.165) is 34.7 Å². The summed E-state index contributed by atoms with van der Waals surface area (Å²) < 4.78 is 58.4. The van der Waals surface area contributed by atoms with Crippen molar-refractivity contribution in [2.24, 2.45) is 12.8 Å². The SMILES string of the molecule is Cn1cnnc1CC1(c2cccc(-n3cc4c(C(F)(F)F)cc(CN5CCC(OCCN)CC5)cn4c3=O)c2)COC1. The zero-order chi connectivity index (χ0) is 29.5. The van der Waals surface area contributed by atoms with Crippen molar-refractivity contribution in [3.05, 3.63) is 82.1 Å². The van der Waals surface area contributed by atoms with Crippen LogP contribution in [0, 0.1) is 0 Å². The molecule has 2 fully saturated rings. The van der Waals surface area contributed by atoms with Crippen molar-refractivity contribution in [2.75, 3.05) is 39.5 Å². The van der Waals surface area contributed by atoms with Crippen molar-refractivity contribution in [1.82, 2.24) is 28.6 Å². The highest BCUT2D eigenvalue weighted by atomic mass is 19.4. The fraction of sp³-hybridized carbons (Fsp3) is 0.483. The Kier molecular flexibility index (Phi) is 7.68. The van der Waals surface area contributed by atoms with Gasteiger partial charge in [0.15, 0.2) is 0 Å². The fourth-order valence-corrected chi connectivity index (χ4v) is 5.95. The van der Waals surface area contributed by atoms with E-state index in [0.29, 0.717) is 63.7 Å². The molecule has 0 bridgehead atoms. The Morgan fingerprint density at radius 2 is 1.95 bits per heavy atom. The predicted octanol–water partition coefficient (Wildman–Crippen LogP) is 2.69. The second-order valence-electron chi connectivity index (χ2n) is 11.3. The van der Waals surface area contributed by atoms with Gasteiger partial charge in [0.2, 0.25) is 0 Å². The van der Waals surface area contributed by atoms with Crippen molar-refractivity contribution >= 4 is 5.52 Å². The molecule has 0 aliphatic carbocycles. The molecule has 6 rings (SSSR count). The van der Waals surface area contributed by atoms with Gasteiger partial charge in [0.05, 0.1) is 42.7 Å². The van der Waals surface area contributed by atoms with Gasteiger partial charge in [-0.1, -0.05) is 12.1 Å². The molecule has 2 aliphatic rings. The summed E-state index contributed by atoms with van der Waals surface area (Å²) in [5, 5.41) is 8.17. The first kappa shape index (κ1) is 28.6. The molecular formula is C29H34F3N7O3. The standard InChI is InChI=1S/C29H34F3N7O3/c1-36-19-34-35-26(36)13-28(17-41-18-28)21-3-2-4-22(12-21)38-16-25-24(29(30,31)32)11-20(15-39(25)27(38)40)14-37-8-5-23(6-9-37)42-10-7-33/h2-4,11-12,15-16,19,23H,5-10,13-14,17-18,33H2,1H3. The molecule has 0 saturated carbocycles. The number of aromatic nitrogens is 5. The lowest BCUT2D eigenvalue weighted by molar-refractivity contribution is -0.136. The van der Waals surface area contributed by atoms with Crippen molar-refractivity contribution in [2.45, 2.75) is 43.5 Å². The van der Waals surface area contributed by atoms with E-state index in [2.05, 4.69) is 15.1 Å². The Morgan fingerprint density at radius 1 is 1.17 bits per heavy atom. The number of fused-ring (bicyclic) bond motifs is 1. The van der Waals surface area contributed by atoms with Crippen LogP contribution in [0.25, 0.3) is 11.2 Å². The Morgan fingerprint density at radius 3 is 2.60 bits per heavy atom. The number of hydrogen-bond acceptors (Lipinski definition) is 7. The monoisotopic (exact) mass is 585 g/mol. The number of likely N-dealkylation sites (tertiary alicyclic amines) is 1. The summed E-state index contributed by atoms with van der Waals surface area (Å²) in [7, 11) is 1.87. The van der Waals surface area contributed by atoms with E-state index in [9.17, 15) is 18.0 Å². The Labute approximate surface area is 240 Å². The zero-order valence-electron chi connectivity index (χ0n) is 23.4. The van der Waals surface area contributed by atoms with Gasteiger partial charge in [-0.05, 0) is 42.2 Å². The quantitative estimate of drug-likeness (QED) is 0.322. The molecule has 4 aromatic rings. The summed E-state index contributed by atoms with van der Waals surface area (Å²) in [6.45, 7) is 3.57. The number of rotatable bonds is 9. The molecule has 0 radical (unpaired) electrons. The van der Waals surface area contributed by atoms with Crippen molar-refractivity contribution in [1.29, 1.82) is 0 Å². The van der Waals surface area contributed by atoms with Crippen LogP contribution in [-0.4, -0.2) is 74.2 Å². The highest BCUT2D eigenvalue weighted by Crippen LogP contribution is 2.37. The number of nitrogens with two attached hydrogens (primary N) is 1. The lowest BCUT2D eigenvalue weighted by Crippen LogP contribution is -2.49. The molecule has 0 unspecified atom stereocenters. The van der Waals surface area contributed by atoms with E-state index in [1.165, 1.54) is 17.0 Å². The summed E-state index contributed by atoms with van der Waals surface area (Å²) in [5.41, 5.74) is 5.41. The highest BCUT2D eigenvalue weighted by Gasteiger charge is 2.42. The maximum Gasteiger partial charge on any atom is 0.418 e. The maximum atomic E-state index is 14.3. The van der Waals surface area contributed by atoms with Gasteiger partial charge in [0, 0.05) is 57.5 Å². The highest BCUT2D eigenvalue weighted by molar-refractivity contribution is 5.58. The number of imidazole rings is 1. The molecular weight excluding hydrogens is 551 g/mol. The second kappa shape index (κ2) is 11.3. The van der Waals surface area contributed by atoms with E-state index < -0.39 is 17.4 Å². The van der Waals surface area contributed by atoms with Gasteiger partial charge in [-0.15, -0.1) is 10.2 Å². The number of pyridine rings is 1. The molecule has 0 amide bonds. The van der Waals surface area contributed by atoms with Gasteiger partial charge in [0.25, 0.3) is 0 Å². The Bertz CT molecular complexity index is 1610. The molecule has 224 valence electrons. The molecule has 10 nitrogen and oxygen atoms in total. The number of alkyl halides is 3. The van der Waals surface area contributed by atoms with Gasteiger partial charge < -0.3 is 19.8 Å². The van der Waals surface area contributed by atoms with Crippen molar-refractivity contribution in [3.63, 3.8) is 0 Å². The maximum absolute atomic E-state index is 14.3. The number of halogens is 3. The average molecular weight is 586 g/mol. The Balaban J connectivity index is 1.32. The van der Waals surface area contributed by atoms with Crippen molar-refractivity contribution < 1.29 is 22.6 Å². The van der Waals surface area contributed by atoms with Crippen LogP contribution in [0.15, 0.2) is 53.8 Å². The largest absolute Gasteiger partial charge is 0.418 e. The number of nitrogens with zero attached hydrogens (tertiary/aromatic N) is 6. The van der Waals surface area contributed by atoms with Crippen LogP contribution in [0.4, 0.5) is 13.2 Å². The summed E-state index contributed by atoms with van der Waals surface area (Å²) in [5.74, 6) is 0.796. The zero-order valence-corrected chi connectivity index (χ0v) is 23.4. The number of aryl methyl sites for hydroxylation is 1. The van der Waals surface area contributed by atoms with E-state index in [1.54, 1.807) is 12.4 Å². The third-order valence-corrected chi connectivity index (χ3v) is 8.34. The molecule has 42 heavy (non-hydrogen) atoms. The van der Waals surface area contributed by atoms with Crippen LogP contribution in [0.3, 0.4) is 0 Å². The van der Waals surface area contributed by atoms with E-state index in [1.807, 2.05) is 29.8 Å². The molecule has 2 N–H and O–H groups in total. The summed E-state index contributed by atoms with van der Waals surface area (Å²) >= 11 is 0. The lowest BCUT2D eigenvalue weighted by atomic mass is 9.75. The van der Waals surface area contributed by atoms with Gasteiger partial charge >= 0.3 is 11.9 Å².